The predicted molar refractivity (Wildman–Crippen MR) is 113 cm³/mol. The van der Waals surface area contributed by atoms with Gasteiger partial charge in [0.25, 0.3) is 11.8 Å². The van der Waals surface area contributed by atoms with E-state index >= 15 is 0 Å². The van der Waals surface area contributed by atoms with Gasteiger partial charge in [-0.05, 0) is 31.1 Å². The molecule has 1 heterocycles. The molecule has 9 heteroatoms. The number of carbonyl (C=O) groups excluding carboxylic acids is 4. The lowest BCUT2D eigenvalue weighted by Gasteiger charge is -2.32. The fourth-order valence-corrected chi connectivity index (χ4v) is 2.62. The van der Waals surface area contributed by atoms with Crippen LogP contribution in [0.1, 0.15) is 79.6 Å². The summed E-state index contributed by atoms with van der Waals surface area (Å²) in [6.45, 7) is 11.7. The van der Waals surface area contributed by atoms with E-state index in [0.29, 0.717) is 24.0 Å². The Morgan fingerprint density at radius 1 is 1.00 bits per heavy atom. The lowest BCUT2D eigenvalue weighted by Crippen LogP contribution is -2.33. The Morgan fingerprint density at radius 3 is 2.13 bits per heavy atom. The Kier molecular flexibility index (Phi) is 10.0. The SMILES string of the molecule is BC(C)(CCOC(=O)CCCC(=O)ON1C(=O)CCC1=O)OCCC(C)(C)C(C)C. The molecule has 1 aliphatic heterocycles. The molecule has 0 aromatic heterocycles. The van der Waals surface area contributed by atoms with Crippen molar-refractivity contribution in [3.8, 4) is 0 Å². The third-order valence-corrected chi connectivity index (χ3v) is 5.73. The minimum Gasteiger partial charge on any atom is -0.466 e. The molecule has 1 unspecified atom stereocenters. The van der Waals surface area contributed by atoms with E-state index in [2.05, 4.69) is 27.7 Å². The molecule has 1 rings (SSSR count). The van der Waals surface area contributed by atoms with Gasteiger partial charge < -0.3 is 14.3 Å². The van der Waals surface area contributed by atoms with Crippen LogP contribution in [-0.4, -0.2) is 55.4 Å². The molecule has 2 amide bonds. The normalized spacial score (nSPS) is 16.7. The summed E-state index contributed by atoms with van der Waals surface area (Å²) in [7, 11) is 1.97. The summed E-state index contributed by atoms with van der Waals surface area (Å²) in [5.41, 5.74) is -0.189. The summed E-state index contributed by atoms with van der Waals surface area (Å²) in [5, 5.41) is 0.505. The summed E-state index contributed by atoms with van der Waals surface area (Å²) in [6.07, 6.45) is 1.83. The zero-order chi connectivity index (χ0) is 22.9. The van der Waals surface area contributed by atoms with Gasteiger partial charge in [0.05, 0.1) is 6.61 Å². The van der Waals surface area contributed by atoms with Crippen LogP contribution >= 0.6 is 0 Å². The van der Waals surface area contributed by atoms with Crippen LogP contribution < -0.4 is 0 Å². The van der Waals surface area contributed by atoms with Gasteiger partial charge in [0.2, 0.25) is 0 Å². The average Bonchev–Trinajstić information content (AvgIpc) is 2.93. The van der Waals surface area contributed by atoms with E-state index in [0.717, 1.165) is 6.42 Å². The first kappa shape index (κ1) is 26.1. The Bertz CT molecular complexity index is 615. The average molecular weight is 425 g/mol. The first-order valence-electron chi connectivity index (χ1n) is 10.7. The van der Waals surface area contributed by atoms with Crippen LogP contribution in [0.3, 0.4) is 0 Å². The smallest absolute Gasteiger partial charge is 0.333 e. The van der Waals surface area contributed by atoms with Crippen LogP contribution in [-0.2, 0) is 33.5 Å². The van der Waals surface area contributed by atoms with Crippen LogP contribution in [0, 0.1) is 11.3 Å². The lowest BCUT2D eigenvalue weighted by atomic mass is 9.78. The van der Waals surface area contributed by atoms with Gasteiger partial charge in [0.1, 0.15) is 7.85 Å². The molecular weight excluding hydrogens is 389 g/mol. The lowest BCUT2D eigenvalue weighted by molar-refractivity contribution is -0.197. The number of amides is 2. The molecule has 1 atom stereocenters. The van der Waals surface area contributed by atoms with Gasteiger partial charge in [-0.3, -0.25) is 14.4 Å². The van der Waals surface area contributed by atoms with E-state index in [9.17, 15) is 19.2 Å². The maximum atomic E-state index is 11.8. The molecule has 1 saturated heterocycles. The van der Waals surface area contributed by atoms with Gasteiger partial charge in [-0.2, -0.15) is 0 Å². The van der Waals surface area contributed by atoms with E-state index in [4.69, 9.17) is 14.3 Å². The van der Waals surface area contributed by atoms with E-state index in [1.165, 1.54) is 0 Å². The van der Waals surface area contributed by atoms with Crippen molar-refractivity contribution in [3.05, 3.63) is 0 Å². The van der Waals surface area contributed by atoms with Crippen molar-refractivity contribution in [1.82, 2.24) is 5.06 Å². The fourth-order valence-electron chi connectivity index (χ4n) is 2.62. The van der Waals surface area contributed by atoms with Gasteiger partial charge in [0.15, 0.2) is 0 Å². The molecule has 170 valence electrons. The second-order valence-electron chi connectivity index (χ2n) is 9.37. The van der Waals surface area contributed by atoms with Crippen LogP contribution in [0.2, 0.25) is 0 Å². The third-order valence-electron chi connectivity index (χ3n) is 5.73. The van der Waals surface area contributed by atoms with Crippen molar-refractivity contribution in [3.63, 3.8) is 0 Å². The van der Waals surface area contributed by atoms with Gasteiger partial charge in [-0.1, -0.05) is 27.7 Å². The number of hydrogen-bond acceptors (Lipinski definition) is 7. The number of hydroxylamine groups is 2. The molecule has 8 nitrogen and oxygen atoms in total. The summed E-state index contributed by atoms with van der Waals surface area (Å²) in [5.74, 6) is -1.60. The Labute approximate surface area is 180 Å². The topological polar surface area (TPSA) is 99.2 Å². The van der Waals surface area contributed by atoms with Crippen molar-refractivity contribution in [2.75, 3.05) is 13.2 Å². The first-order valence-corrected chi connectivity index (χ1v) is 10.7. The maximum absolute atomic E-state index is 11.8. The molecule has 1 fully saturated rings. The minimum absolute atomic E-state index is 0.0496. The molecule has 0 N–H and O–H groups in total. The van der Waals surface area contributed by atoms with E-state index < -0.39 is 29.3 Å². The number of imide groups is 1. The number of esters is 1. The number of nitrogens with zero attached hydrogens (tertiary/aromatic N) is 1. The molecule has 30 heavy (non-hydrogen) atoms. The highest BCUT2D eigenvalue weighted by atomic mass is 16.7. The number of hydrogen-bond donors (Lipinski definition) is 0. The van der Waals surface area contributed by atoms with E-state index in [-0.39, 0.29) is 44.1 Å². The van der Waals surface area contributed by atoms with Crippen LogP contribution in [0.4, 0.5) is 0 Å². The molecule has 0 aromatic rings. The highest BCUT2D eigenvalue weighted by Crippen LogP contribution is 2.30. The monoisotopic (exact) mass is 425 g/mol. The van der Waals surface area contributed by atoms with Crippen molar-refractivity contribution in [2.45, 2.75) is 85.1 Å². The van der Waals surface area contributed by atoms with Gasteiger partial charge in [0, 0.05) is 44.2 Å². The molecule has 0 saturated carbocycles. The van der Waals surface area contributed by atoms with Crippen LogP contribution in [0.5, 0.6) is 0 Å². The summed E-state index contributed by atoms with van der Waals surface area (Å²) in [4.78, 5) is 51.1. The molecule has 0 bridgehead atoms. The zero-order valence-corrected chi connectivity index (χ0v) is 19.2. The van der Waals surface area contributed by atoms with Crippen molar-refractivity contribution < 1.29 is 33.5 Å². The Hall–Kier alpha value is -1.90. The second kappa shape index (κ2) is 11.5. The highest BCUT2D eigenvalue weighted by molar-refractivity contribution is 6.14. The largest absolute Gasteiger partial charge is 0.466 e. The summed E-state index contributed by atoms with van der Waals surface area (Å²) >= 11 is 0. The fraction of sp³-hybridized carbons (Fsp3) is 0.810. The summed E-state index contributed by atoms with van der Waals surface area (Å²) < 4.78 is 11.2. The van der Waals surface area contributed by atoms with Crippen molar-refractivity contribution >= 4 is 31.6 Å². The number of carbonyl (C=O) groups is 4. The molecule has 0 spiro atoms. The van der Waals surface area contributed by atoms with Crippen LogP contribution in [0.25, 0.3) is 0 Å². The third kappa shape index (κ3) is 9.28. The first-order chi connectivity index (χ1) is 13.8. The van der Waals surface area contributed by atoms with Gasteiger partial charge >= 0.3 is 11.9 Å². The quantitative estimate of drug-likeness (QED) is 0.253. The molecule has 0 radical (unpaired) electrons. The maximum Gasteiger partial charge on any atom is 0.333 e. The number of rotatable bonds is 13. The summed E-state index contributed by atoms with van der Waals surface area (Å²) in [6, 6.07) is 0. The van der Waals surface area contributed by atoms with Gasteiger partial charge in [-0.25, -0.2) is 4.79 Å². The van der Waals surface area contributed by atoms with Crippen LogP contribution in [0.15, 0.2) is 0 Å². The highest BCUT2D eigenvalue weighted by Gasteiger charge is 2.32. The molecular formula is C21H36BNO7. The second-order valence-corrected chi connectivity index (χ2v) is 9.37. The zero-order valence-electron chi connectivity index (χ0n) is 19.2. The van der Waals surface area contributed by atoms with Gasteiger partial charge in [-0.15, -0.1) is 5.06 Å². The Morgan fingerprint density at radius 2 is 1.57 bits per heavy atom. The molecule has 0 aliphatic carbocycles. The Balaban J connectivity index is 2.18. The molecule has 0 aromatic carbocycles. The number of ether oxygens (including phenoxy) is 2. The minimum atomic E-state index is -0.717. The molecule has 1 aliphatic rings. The van der Waals surface area contributed by atoms with Crippen molar-refractivity contribution in [1.29, 1.82) is 0 Å². The van der Waals surface area contributed by atoms with E-state index in [1.54, 1.807) is 0 Å². The predicted octanol–water partition coefficient (Wildman–Crippen LogP) is 2.14. The standard InChI is InChI=1S/C21H36BNO7/c1-15(2)20(3,4)11-14-29-21(5,22)12-13-28-18(26)7-6-8-19(27)30-23-16(24)9-10-17(23)25/h15H,6-14,22H2,1-5H3. The van der Waals surface area contributed by atoms with E-state index in [1.807, 2.05) is 14.8 Å². The van der Waals surface area contributed by atoms with Crippen molar-refractivity contribution in [2.24, 2.45) is 11.3 Å².